The first-order valence-electron chi connectivity index (χ1n) is 7.73. The first kappa shape index (κ1) is 17.0. The summed E-state index contributed by atoms with van der Waals surface area (Å²) >= 11 is 0. The number of benzene rings is 1. The van der Waals surface area contributed by atoms with Gasteiger partial charge in [-0.05, 0) is 37.6 Å². The van der Waals surface area contributed by atoms with Gasteiger partial charge in [0.15, 0.2) is 0 Å². The lowest BCUT2D eigenvalue weighted by Gasteiger charge is -2.14. The monoisotopic (exact) mass is 317 g/mol. The molecule has 2 aromatic rings. The normalized spacial score (nSPS) is 12.2. The number of hydrogen-bond acceptors (Lipinski definition) is 4. The number of ether oxygens (including phenoxy) is 1. The summed E-state index contributed by atoms with van der Waals surface area (Å²) in [6.45, 7) is 4.63. The number of carbonyl (C=O) groups excluding carboxylic acids is 1. The van der Waals surface area contributed by atoms with Gasteiger partial charge in [0.1, 0.15) is 5.75 Å². The number of amides is 1. The number of aromatic nitrogens is 2. The molecule has 1 aromatic heterocycles. The van der Waals surface area contributed by atoms with Gasteiger partial charge < -0.3 is 15.2 Å². The molecule has 0 radical (unpaired) electrons. The number of nitrogens with zero attached hydrogens (tertiary/aromatic N) is 2. The number of nitrogens with one attached hydrogen (secondary N) is 1. The van der Waals surface area contributed by atoms with E-state index >= 15 is 0 Å². The van der Waals surface area contributed by atoms with Crippen molar-refractivity contribution >= 4 is 5.91 Å². The first-order valence-corrected chi connectivity index (χ1v) is 7.73. The highest BCUT2D eigenvalue weighted by Crippen LogP contribution is 2.18. The Labute approximate surface area is 136 Å². The summed E-state index contributed by atoms with van der Waals surface area (Å²) in [7, 11) is 0. The SMILES string of the molecule is CC(C)Oc1ccc(C(O)CNC(=O)CCn2cccn2)cc1. The van der Waals surface area contributed by atoms with Crippen LogP contribution in [-0.2, 0) is 11.3 Å². The van der Waals surface area contributed by atoms with E-state index in [0.29, 0.717) is 13.0 Å². The van der Waals surface area contributed by atoms with Gasteiger partial charge in [-0.25, -0.2) is 0 Å². The zero-order chi connectivity index (χ0) is 16.7. The molecule has 0 saturated heterocycles. The van der Waals surface area contributed by atoms with Crippen molar-refractivity contribution in [2.75, 3.05) is 6.54 Å². The van der Waals surface area contributed by atoms with Gasteiger partial charge in [-0.2, -0.15) is 5.10 Å². The summed E-state index contributed by atoms with van der Waals surface area (Å²) in [5.74, 6) is 0.651. The van der Waals surface area contributed by atoms with Gasteiger partial charge >= 0.3 is 0 Å². The Morgan fingerprint density at radius 2 is 2.09 bits per heavy atom. The van der Waals surface area contributed by atoms with Crippen molar-refractivity contribution in [3.8, 4) is 5.75 Å². The second kappa shape index (κ2) is 8.33. The molecular weight excluding hydrogens is 294 g/mol. The van der Waals surface area contributed by atoms with Crippen LogP contribution in [0.2, 0.25) is 0 Å². The maximum absolute atomic E-state index is 11.8. The molecule has 0 saturated carbocycles. The molecule has 0 spiro atoms. The minimum Gasteiger partial charge on any atom is -0.491 e. The molecule has 2 N–H and O–H groups in total. The van der Waals surface area contributed by atoms with Crippen molar-refractivity contribution in [1.82, 2.24) is 15.1 Å². The van der Waals surface area contributed by atoms with Gasteiger partial charge in [-0.15, -0.1) is 0 Å². The minimum absolute atomic E-state index is 0.111. The van der Waals surface area contributed by atoms with Gasteiger partial charge in [0.25, 0.3) is 0 Å². The quantitative estimate of drug-likeness (QED) is 0.780. The van der Waals surface area contributed by atoms with Crippen molar-refractivity contribution < 1.29 is 14.6 Å². The van der Waals surface area contributed by atoms with Crippen LogP contribution in [-0.4, -0.2) is 33.4 Å². The number of hydrogen-bond donors (Lipinski definition) is 2. The molecule has 1 heterocycles. The van der Waals surface area contributed by atoms with Gasteiger partial charge in [-0.1, -0.05) is 12.1 Å². The number of carbonyl (C=O) groups is 1. The first-order chi connectivity index (χ1) is 11.0. The van der Waals surface area contributed by atoms with Crippen LogP contribution < -0.4 is 10.1 Å². The lowest BCUT2D eigenvalue weighted by Crippen LogP contribution is -2.29. The second-order valence-electron chi connectivity index (χ2n) is 5.57. The van der Waals surface area contributed by atoms with Crippen LogP contribution in [0.4, 0.5) is 0 Å². The molecule has 0 bridgehead atoms. The van der Waals surface area contributed by atoms with Crippen molar-refractivity contribution in [2.45, 2.75) is 39.0 Å². The molecule has 1 aromatic carbocycles. The van der Waals surface area contributed by atoms with Crippen LogP contribution in [0.15, 0.2) is 42.7 Å². The van der Waals surface area contributed by atoms with Crippen molar-refractivity contribution in [3.05, 3.63) is 48.3 Å². The topological polar surface area (TPSA) is 76.4 Å². The van der Waals surface area contributed by atoms with E-state index in [4.69, 9.17) is 4.74 Å². The maximum Gasteiger partial charge on any atom is 0.221 e. The molecule has 0 aliphatic carbocycles. The Bertz CT molecular complexity index is 594. The third kappa shape index (κ3) is 5.75. The van der Waals surface area contributed by atoms with Crippen molar-refractivity contribution in [1.29, 1.82) is 0 Å². The molecule has 0 aliphatic heterocycles. The van der Waals surface area contributed by atoms with Crippen LogP contribution in [0.25, 0.3) is 0 Å². The fraction of sp³-hybridized carbons (Fsp3) is 0.412. The average molecular weight is 317 g/mol. The van der Waals surface area contributed by atoms with E-state index in [1.165, 1.54) is 0 Å². The Morgan fingerprint density at radius 1 is 1.35 bits per heavy atom. The Hall–Kier alpha value is -2.34. The van der Waals surface area contributed by atoms with E-state index < -0.39 is 6.10 Å². The summed E-state index contributed by atoms with van der Waals surface area (Å²) in [6.07, 6.45) is 3.18. The fourth-order valence-electron chi connectivity index (χ4n) is 2.11. The standard InChI is InChI=1S/C17H23N3O3/c1-13(2)23-15-6-4-14(5-7-15)16(21)12-18-17(22)8-11-20-10-3-9-19-20/h3-7,9-10,13,16,21H,8,11-12H2,1-2H3,(H,18,22). The Morgan fingerprint density at radius 3 is 2.70 bits per heavy atom. The largest absolute Gasteiger partial charge is 0.491 e. The summed E-state index contributed by atoms with van der Waals surface area (Å²) in [5, 5.41) is 16.9. The van der Waals surface area contributed by atoms with Crippen LogP contribution in [0.3, 0.4) is 0 Å². The highest BCUT2D eigenvalue weighted by molar-refractivity contribution is 5.75. The number of aliphatic hydroxyl groups excluding tert-OH is 1. The zero-order valence-electron chi connectivity index (χ0n) is 13.5. The summed E-state index contributed by atoms with van der Waals surface area (Å²) in [5.41, 5.74) is 0.744. The smallest absolute Gasteiger partial charge is 0.221 e. The van der Waals surface area contributed by atoms with Crippen LogP contribution in [0.5, 0.6) is 5.75 Å². The molecule has 1 unspecified atom stereocenters. The predicted octanol–water partition coefficient (Wildman–Crippen LogP) is 1.91. The third-order valence-corrected chi connectivity index (χ3v) is 3.26. The van der Waals surface area contributed by atoms with Crippen molar-refractivity contribution in [2.24, 2.45) is 0 Å². The molecule has 2 rings (SSSR count). The molecule has 1 atom stereocenters. The molecule has 6 heteroatoms. The molecule has 1 amide bonds. The van der Waals surface area contributed by atoms with Crippen LogP contribution in [0, 0.1) is 0 Å². The zero-order valence-corrected chi connectivity index (χ0v) is 13.5. The summed E-state index contributed by atoms with van der Waals surface area (Å²) < 4.78 is 7.25. The van der Waals surface area contributed by atoms with E-state index in [1.54, 1.807) is 23.0 Å². The fourth-order valence-corrected chi connectivity index (χ4v) is 2.11. The molecule has 0 fully saturated rings. The van der Waals surface area contributed by atoms with Crippen molar-refractivity contribution in [3.63, 3.8) is 0 Å². The van der Waals surface area contributed by atoms with E-state index in [1.807, 2.05) is 38.2 Å². The van der Waals surface area contributed by atoms with Crippen LogP contribution >= 0.6 is 0 Å². The average Bonchev–Trinajstić information content (AvgIpc) is 3.04. The lowest BCUT2D eigenvalue weighted by molar-refractivity contribution is -0.121. The maximum atomic E-state index is 11.8. The van der Waals surface area contributed by atoms with E-state index in [9.17, 15) is 9.90 Å². The van der Waals surface area contributed by atoms with Crippen LogP contribution in [0.1, 0.15) is 31.9 Å². The van der Waals surface area contributed by atoms with E-state index in [-0.39, 0.29) is 18.6 Å². The molecule has 0 aliphatic rings. The number of rotatable bonds is 8. The second-order valence-corrected chi connectivity index (χ2v) is 5.57. The van der Waals surface area contributed by atoms with Gasteiger partial charge in [0.2, 0.25) is 5.91 Å². The third-order valence-electron chi connectivity index (χ3n) is 3.26. The number of aliphatic hydroxyl groups is 1. The van der Waals surface area contributed by atoms with Gasteiger partial charge in [0, 0.05) is 31.9 Å². The summed E-state index contributed by atoms with van der Waals surface area (Å²) in [4.78, 5) is 11.8. The molecule has 23 heavy (non-hydrogen) atoms. The molecule has 6 nitrogen and oxygen atoms in total. The van der Waals surface area contributed by atoms with Gasteiger partial charge in [-0.3, -0.25) is 9.48 Å². The molecular formula is C17H23N3O3. The highest BCUT2D eigenvalue weighted by atomic mass is 16.5. The predicted molar refractivity (Wildman–Crippen MR) is 87.0 cm³/mol. The van der Waals surface area contributed by atoms with E-state index in [0.717, 1.165) is 11.3 Å². The Balaban J connectivity index is 1.75. The number of aryl methyl sites for hydroxylation is 1. The van der Waals surface area contributed by atoms with Gasteiger partial charge in [0.05, 0.1) is 12.2 Å². The Kier molecular flexibility index (Phi) is 6.17. The lowest BCUT2D eigenvalue weighted by atomic mass is 10.1. The summed E-state index contributed by atoms with van der Waals surface area (Å²) in [6, 6.07) is 9.06. The van der Waals surface area contributed by atoms with E-state index in [2.05, 4.69) is 10.4 Å². The minimum atomic E-state index is -0.739. The molecule has 124 valence electrons. The highest BCUT2D eigenvalue weighted by Gasteiger charge is 2.10.